The van der Waals surface area contributed by atoms with Crippen LogP contribution in [0.3, 0.4) is 0 Å². The third kappa shape index (κ3) is 4.92. The largest absolute Gasteiger partial charge is 0.343 e. The Hall–Kier alpha value is -0.280. The minimum atomic E-state index is 0. The number of nitrogens with two attached hydrogens (primary N) is 1. The van der Waals surface area contributed by atoms with E-state index in [-0.39, 0.29) is 24.4 Å². The molecule has 2 aliphatic rings. The van der Waals surface area contributed by atoms with E-state index >= 15 is 0 Å². The van der Waals surface area contributed by atoms with Gasteiger partial charge in [0.15, 0.2) is 0 Å². The molecule has 3 nitrogen and oxygen atoms in total. The van der Waals surface area contributed by atoms with E-state index in [1.165, 1.54) is 44.9 Å². The summed E-state index contributed by atoms with van der Waals surface area (Å²) in [4.78, 5) is 14.7. The number of halogens is 1. The van der Waals surface area contributed by atoms with Crippen LogP contribution in [0.1, 0.15) is 70.6 Å². The fourth-order valence-electron chi connectivity index (χ4n) is 3.74. The summed E-state index contributed by atoms with van der Waals surface area (Å²) in [7, 11) is 2.02. The van der Waals surface area contributed by atoms with E-state index < -0.39 is 0 Å². The van der Waals surface area contributed by atoms with Crippen molar-refractivity contribution in [2.75, 3.05) is 7.05 Å². The first-order valence-electron chi connectivity index (χ1n) is 8.20. The summed E-state index contributed by atoms with van der Waals surface area (Å²) in [6, 6.07) is 0.722. The van der Waals surface area contributed by atoms with E-state index in [1.54, 1.807) is 0 Å². The highest BCUT2D eigenvalue weighted by molar-refractivity contribution is 5.85. The molecule has 0 heterocycles. The zero-order valence-electron chi connectivity index (χ0n) is 12.9. The first-order chi connectivity index (χ1) is 9.18. The van der Waals surface area contributed by atoms with Crippen LogP contribution in [-0.4, -0.2) is 29.9 Å². The predicted molar refractivity (Wildman–Crippen MR) is 86.1 cm³/mol. The van der Waals surface area contributed by atoms with Gasteiger partial charge in [-0.05, 0) is 32.1 Å². The van der Waals surface area contributed by atoms with Crippen LogP contribution in [0.15, 0.2) is 0 Å². The number of rotatable bonds is 2. The monoisotopic (exact) mass is 302 g/mol. The van der Waals surface area contributed by atoms with Crippen LogP contribution >= 0.6 is 12.4 Å². The minimum absolute atomic E-state index is 0. The smallest absolute Gasteiger partial charge is 0.225 e. The molecule has 0 spiro atoms. The van der Waals surface area contributed by atoms with Crippen molar-refractivity contribution in [1.82, 2.24) is 4.90 Å². The van der Waals surface area contributed by atoms with Crippen LogP contribution < -0.4 is 5.73 Å². The van der Waals surface area contributed by atoms with Crippen molar-refractivity contribution >= 4 is 18.3 Å². The molecule has 118 valence electrons. The van der Waals surface area contributed by atoms with Crippen molar-refractivity contribution in [3.05, 3.63) is 0 Å². The fourth-order valence-corrected chi connectivity index (χ4v) is 3.74. The van der Waals surface area contributed by atoms with E-state index in [0.717, 1.165) is 25.7 Å². The Kier molecular flexibility index (Phi) is 7.90. The summed E-state index contributed by atoms with van der Waals surface area (Å²) in [5.74, 6) is 0.555. The van der Waals surface area contributed by atoms with Gasteiger partial charge in [0.2, 0.25) is 5.91 Å². The number of hydrogen-bond donors (Lipinski definition) is 1. The summed E-state index contributed by atoms with van der Waals surface area (Å²) in [5, 5.41) is 0. The summed E-state index contributed by atoms with van der Waals surface area (Å²) < 4.78 is 0. The van der Waals surface area contributed by atoms with E-state index in [1.807, 2.05) is 7.05 Å². The van der Waals surface area contributed by atoms with Crippen molar-refractivity contribution in [1.29, 1.82) is 0 Å². The molecule has 2 atom stereocenters. The molecule has 2 unspecified atom stereocenters. The van der Waals surface area contributed by atoms with Gasteiger partial charge in [-0.1, -0.05) is 38.5 Å². The SMILES string of the molecule is CN(C(=O)C1CCCC(N)C1)C1CCCCCCC1.Cl. The third-order valence-corrected chi connectivity index (χ3v) is 5.03. The predicted octanol–water partition coefficient (Wildman–Crippen LogP) is 3.50. The van der Waals surface area contributed by atoms with Crippen molar-refractivity contribution in [3.63, 3.8) is 0 Å². The summed E-state index contributed by atoms with van der Waals surface area (Å²) in [5.41, 5.74) is 6.02. The van der Waals surface area contributed by atoms with Crippen molar-refractivity contribution in [2.45, 2.75) is 82.7 Å². The van der Waals surface area contributed by atoms with Crippen LogP contribution in [0.5, 0.6) is 0 Å². The number of carbonyl (C=O) groups excluding carboxylic acids is 1. The van der Waals surface area contributed by atoms with E-state index in [9.17, 15) is 4.79 Å². The molecular weight excluding hydrogens is 272 g/mol. The summed E-state index contributed by atoms with van der Waals surface area (Å²) >= 11 is 0. The van der Waals surface area contributed by atoms with Gasteiger partial charge in [-0.15, -0.1) is 12.4 Å². The van der Waals surface area contributed by atoms with Crippen LogP contribution in [0, 0.1) is 5.92 Å². The number of carbonyl (C=O) groups is 1. The quantitative estimate of drug-likeness (QED) is 0.848. The Morgan fingerprint density at radius 3 is 2.15 bits per heavy atom. The molecule has 0 aromatic carbocycles. The van der Waals surface area contributed by atoms with Crippen LogP contribution in [0.25, 0.3) is 0 Å². The molecule has 2 rings (SSSR count). The third-order valence-electron chi connectivity index (χ3n) is 5.03. The molecule has 0 bridgehead atoms. The number of nitrogens with zero attached hydrogens (tertiary/aromatic N) is 1. The molecule has 2 fully saturated rings. The topological polar surface area (TPSA) is 46.3 Å². The second kappa shape index (κ2) is 8.89. The average molecular weight is 303 g/mol. The fraction of sp³-hybridized carbons (Fsp3) is 0.938. The van der Waals surface area contributed by atoms with Gasteiger partial charge in [0.25, 0.3) is 0 Å². The Balaban J connectivity index is 0.00000200. The molecule has 2 N–H and O–H groups in total. The second-order valence-corrected chi connectivity index (χ2v) is 6.57. The molecule has 0 radical (unpaired) electrons. The van der Waals surface area contributed by atoms with Gasteiger partial charge in [0.05, 0.1) is 0 Å². The highest BCUT2D eigenvalue weighted by Crippen LogP contribution is 2.27. The van der Waals surface area contributed by atoms with Crippen LogP contribution in [-0.2, 0) is 4.79 Å². The minimum Gasteiger partial charge on any atom is -0.343 e. The molecule has 0 aromatic heterocycles. The van der Waals surface area contributed by atoms with Crippen molar-refractivity contribution < 1.29 is 4.79 Å². The first-order valence-corrected chi connectivity index (χ1v) is 8.20. The Labute approximate surface area is 130 Å². The summed E-state index contributed by atoms with van der Waals surface area (Å²) in [6.45, 7) is 0. The molecular formula is C16H31ClN2O. The molecule has 20 heavy (non-hydrogen) atoms. The van der Waals surface area contributed by atoms with E-state index in [4.69, 9.17) is 5.73 Å². The molecule has 1 amide bonds. The van der Waals surface area contributed by atoms with Crippen LogP contribution in [0.4, 0.5) is 0 Å². The lowest BCUT2D eigenvalue weighted by molar-refractivity contribution is -0.137. The van der Waals surface area contributed by atoms with E-state index in [0.29, 0.717) is 11.9 Å². The van der Waals surface area contributed by atoms with E-state index in [2.05, 4.69) is 4.90 Å². The lowest BCUT2D eigenvalue weighted by Gasteiger charge is -2.35. The van der Waals surface area contributed by atoms with Gasteiger partial charge in [-0.3, -0.25) is 4.79 Å². The van der Waals surface area contributed by atoms with Gasteiger partial charge >= 0.3 is 0 Å². The van der Waals surface area contributed by atoms with Crippen molar-refractivity contribution in [2.24, 2.45) is 11.7 Å². The summed E-state index contributed by atoms with van der Waals surface area (Å²) in [6.07, 6.45) is 13.2. The van der Waals surface area contributed by atoms with Gasteiger partial charge < -0.3 is 10.6 Å². The first kappa shape index (κ1) is 17.8. The normalized spacial score (nSPS) is 28.9. The zero-order chi connectivity index (χ0) is 13.7. The molecule has 4 heteroatoms. The number of amides is 1. The Morgan fingerprint density at radius 2 is 1.55 bits per heavy atom. The van der Waals surface area contributed by atoms with Gasteiger partial charge in [-0.2, -0.15) is 0 Å². The highest BCUT2D eigenvalue weighted by atomic mass is 35.5. The molecule has 2 saturated carbocycles. The lowest BCUT2D eigenvalue weighted by atomic mass is 9.84. The maximum absolute atomic E-state index is 12.6. The van der Waals surface area contributed by atoms with Gasteiger partial charge in [0.1, 0.15) is 0 Å². The lowest BCUT2D eigenvalue weighted by Crippen LogP contribution is -2.43. The standard InChI is InChI=1S/C16H30N2O.ClH/c1-18(15-10-5-3-2-4-6-11-15)16(19)13-8-7-9-14(17)12-13;/h13-15H,2-12,17H2,1H3;1H. The highest BCUT2D eigenvalue weighted by Gasteiger charge is 2.30. The molecule has 2 aliphatic carbocycles. The van der Waals surface area contributed by atoms with Gasteiger partial charge in [-0.25, -0.2) is 0 Å². The Morgan fingerprint density at radius 1 is 0.950 bits per heavy atom. The second-order valence-electron chi connectivity index (χ2n) is 6.57. The van der Waals surface area contributed by atoms with Crippen molar-refractivity contribution in [3.8, 4) is 0 Å². The van der Waals surface area contributed by atoms with Crippen LogP contribution in [0.2, 0.25) is 0 Å². The van der Waals surface area contributed by atoms with Gasteiger partial charge in [0, 0.05) is 25.0 Å². The average Bonchev–Trinajstić information content (AvgIpc) is 2.37. The maximum Gasteiger partial charge on any atom is 0.225 e. The maximum atomic E-state index is 12.6. The Bertz CT molecular complexity index is 290. The number of hydrogen-bond acceptors (Lipinski definition) is 2. The molecule has 0 saturated heterocycles. The molecule has 0 aliphatic heterocycles. The zero-order valence-corrected chi connectivity index (χ0v) is 13.7. The molecule has 0 aromatic rings.